The largest absolute Gasteiger partial charge is 0.380 e. The summed E-state index contributed by atoms with van der Waals surface area (Å²) < 4.78 is 0.527. The molecule has 0 atom stereocenters. The van der Waals surface area contributed by atoms with Crippen LogP contribution >= 0.6 is 22.9 Å². The van der Waals surface area contributed by atoms with E-state index in [9.17, 15) is 4.79 Å². The summed E-state index contributed by atoms with van der Waals surface area (Å²) in [4.78, 5) is 17.6. The van der Waals surface area contributed by atoms with Crippen LogP contribution in [0.1, 0.15) is 27.7 Å². The third-order valence-electron chi connectivity index (χ3n) is 3.76. The van der Waals surface area contributed by atoms with Crippen molar-refractivity contribution in [1.29, 1.82) is 0 Å². The smallest absolute Gasteiger partial charge is 0.255 e. The van der Waals surface area contributed by atoms with Crippen LogP contribution in [0.25, 0.3) is 0 Å². The number of nitrogens with zero attached hydrogens (tertiary/aromatic N) is 1. The van der Waals surface area contributed by atoms with Crippen molar-refractivity contribution in [1.82, 2.24) is 4.98 Å². The average Bonchev–Trinajstić information content (AvgIpc) is 3.06. The molecule has 25 heavy (non-hydrogen) atoms. The van der Waals surface area contributed by atoms with Crippen molar-refractivity contribution in [2.75, 3.05) is 10.6 Å². The zero-order chi connectivity index (χ0) is 17.6. The number of aryl methyl sites for hydroxylation is 1. The minimum atomic E-state index is -0.120. The quantitative estimate of drug-likeness (QED) is 0.624. The molecule has 0 saturated carbocycles. The van der Waals surface area contributed by atoms with Crippen molar-refractivity contribution in [3.63, 3.8) is 0 Å². The molecule has 0 bridgehead atoms. The van der Waals surface area contributed by atoms with E-state index in [1.54, 1.807) is 12.3 Å². The van der Waals surface area contributed by atoms with Gasteiger partial charge in [-0.3, -0.25) is 4.79 Å². The van der Waals surface area contributed by atoms with Crippen LogP contribution in [-0.2, 0) is 13.0 Å². The third kappa shape index (κ3) is 4.59. The number of hydrogen-bond acceptors (Lipinski definition) is 4. The molecule has 2 N–H and O–H groups in total. The monoisotopic (exact) mass is 371 g/mol. The molecule has 128 valence electrons. The molecule has 3 aromatic rings. The molecule has 0 unspecified atom stereocenters. The summed E-state index contributed by atoms with van der Waals surface area (Å²) >= 11 is 7.27. The Morgan fingerprint density at radius 3 is 2.80 bits per heavy atom. The first-order valence-electron chi connectivity index (χ1n) is 7.99. The van der Waals surface area contributed by atoms with Crippen LogP contribution in [0.2, 0.25) is 4.47 Å². The Morgan fingerprint density at radius 2 is 2.04 bits per heavy atom. The number of aromatic nitrogens is 1. The number of halogens is 1. The van der Waals surface area contributed by atoms with E-state index < -0.39 is 0 Å². The molecule has 4 nitrogen and oxygen atoms in total. The maximum absolute atomic E-state index is 12.5. The topological polar surface area (TPSA) is 54.0 Å². The van der Waals surface area contributed by atoms with Gasteiger partial charge in [0.05, 0.1) is 6.54 Å². The second-order valence-electron chi connectivity index (χ2n) is 5.48. The molecule has 0 spiro atoms. The van der Waals surface area contributed by atoms with E-state index in [1.807, 2.05) is 42.5 Å². The number of rotatable bonds is 6. The van der Waals surface area contributed by atoms with Gasteiger partial charge < -0.3 is 10.6 Å². The number of carbonyl (C=O) groups excluding carboxylic acids is 1. The average molecular weight is 372 g/mol. The summed E-state index contributed by atoms with van der Waals surface area (Å²) in [6.45, 7) is 2.69. The number of carbonyl (C=O) groups is 1. The summed E-state index contributed by atoms with van der Waals surface area (Å²) in [6, 6.07) is 15.3. The maximum Gasteiger partial charge on any atom is 0.255 e. The number of anilines is 2. The number of amides is 1. The van der Waals surface area contributed by atoms with Gasteiger partial charge in [0, 0.05) is 28.0 Å². The minimum absolute atomic E-state index is 0.120. The van der Waals surface area contributed by atoms with Gasteiger partial charge in [0.2, 0.25) is 0 Å². The van der Waals surface area contributed by atoms with Gasteiger partial charge >= 0.3 is 0 Å². The van der Waals surface area contributed by atoms with Crippen molar-refractivity contribution in [3.8, 4) is 0 Å². The fourth-order valence-corrected chi connectivity index (χ4v) is 3.39. The van der Waals surface area contributed by atoms with Crippen molar-refractivity contribution in [3.05, 3.63) is 75.2 Å². The Morgan fingerprint density at radius 1 is 1.20 bits per heavy atom. The van der Waals surface area contributed by atoms with Gasteiger partial charge in [0.1, 0.15) is 0 Å². The lowest BCUT2D eigenvalue weighted by Gasteiger charge is -2.11. The molecule has 0 fully saturated rings. The highest BCUT2D eigenvalue weighted by Crippen LogP contribution is 2.20. The lowest BCUT2D eigenvalue weighted by Crippen LogP contribution is -2.13. The zero-order valence-corrected chi connectivity index (χ0v) is 15.3. The van der Waals surface area contributed by atoms with E-state index in [0.717, 1.165) is 28.2 Å². The van der Waals surface area contributed by atoms with Gasteiger partial charge in [0.25, 0.3) is 5.91 Å². The van der Waals surface area contributed by atoms with Crippen LogP contribution in [0.15, 0.2) is 54.7 Å². The molecule has 0 aliphatic rings. The predicted octanol–water partition coefficient (Wildman–Crippen LogP) is 5.22. The minimum Gasteiger partial charge on any atom is -0.380 e. The van der Waals surface area contributed by atoms with E-state index in [2.05, 4.69) is 22.5 Å². The van der Waals surface area contributed by atoms with E-state index in [4.69, 9.17) is 11.6 Å². The standard InChI is InChI=1S/C19H18ClN3OS/c1-2-13-6-3-4-9-17(13)23-18(24)14-7-5-8-15(10-14)21-11-16-12-22-19(20)25-16/h3-10,12,21H,2,11H2,1H3,(H,23,24). The van der Waals surface area contributed by atoms with Crippen molar-refractivity contribution < 1.29 is 4.79 Å². The first-order valence-corrected chi connectivity index (χ1v) is 9.18. The summed E-state index contributed by atoms with van der Waals surface area (Å²) in [6.07, 6.45) is 2.62. The van der Waals surface area contributed by atoms with Gasteiger partial charge in [-0.2, -0.15) is 0 Å². The van der Waals surface area contributed by atoms with Gasteiger partial charge in [-0.15, -0.1) is 11.3 Å². The number of hydrogen-bond donors (Lipinski definition) is 2. The van der Waals surface area contributed by atoms with Gasteiger partial charge in [-0.25, -0.2) is 4.98 Å². The van der Waals surface area contributed by atoms with Crippen LogP contribution in [0, 0.1) is 0 Å². The Balaban J connectivity index is 1.68. The third-order valence-corrected chi connectivity index (χ3v) is 4.88. The Bertz CT molecular complexity index is 878. The molecular weight excluding hydrogens is 354 g/mol. The Kier molecular flexibility index (Phi) is 5.68. The second kappa shape index (κ2) is 8.14. The molecule has 0 aliphatic carbocycles. The second-order valence-corrected chi connectivity index (χ2v) is 7.18. The van der Waals surface area contributed by atoms with Crippen molar-refractivity contribution >= 4 is 40.2 Å². The van der Waals surface area contributed by atoms with Crippen LogP contribution < -0.4 is 10.6 Å². The van der Waals surface area contributed by atoms with E-state index in [1.165, 1.54) is 11.3 Å². The van der Waals surface area contributed by atoms with Crippen LogP contribution in [-0.4, -0.2) is 10.9 Å². The normalized spacial score (nSPS) is 10.5. The fourth-order valence-electron chi connectivity index (χ4n) is 2.47. The summed E-state index contributed by atoms with van der Waals surface area (Å²) in [5.74, 6) is -0.120. The highest BCUT2D eigenvalue weighted by atomic mass is 35.5. The summed E-state index contributed by atoms with van der Waals surface area (Å²) in [5, 5.41) is 6.28. The van der Waals surface area contributed by atoms with Crippen LogP contribution in [0.5, 0.6) is 0 Å². The van der Waals surface area contributed by atoms with E-state index >= 15 is 0 Å². The number of thiazole rings is 1. The highest BCUT2D eigenvalue weighted by Gasteiger charge is 2.09. The zero-order valence-electron chi connectivity index (χ0n) is 13.8. The first-order chi connectivity index (χ1) is 12.2. The number of para-hydroxylation sites is 1. The van der Waals surface area contributed by atoms with Crippen molar-refractivity contribution in [2.24, 2.45) is 0 Å². The molecule has 1 aromatic heterocycles. The molecule has 0 radical (unpaired) electrons. The molecule has 6 heteroatoms. The van der Waals surface area contributed by atoms with Gasteiger partial charge in [-0.05, 0) is 36.2 Å². The Labute approximate surface area is 155 Å². The molecule has 0 aliphatic heterocycles. The SMILES string of the molecule is CCc1ccccc1NC(=O)c1cccc(NCc2cnc(Cl)s2)c1. The number of nitrogens with one attached hydrogen (secondary N) is 2. The highest BCUT2D eigenvalue weighted by molar-refractivity contribution is 7.15. The number of benzene rings is 2. The van der Waals surface area contributed by atoms with Crippen molar-refractivity contribution in [2.45, 2.75) is 19.9 Å². The first kappa shape index (κ1) is 17.5. The van der Waals surface area contributed by atoms with Crippen LogP contribution in [0.3, 0.4) is 0 Å². The molecular formula is C19H18ClN3OS. The lowest BCUT2D eigenvalue weighted by atomic mass is 10.1. The van der Waals surface area contributed by atoms with Gasteiger partial charge in [-0.1, -0.05) is 42.8 Å². The lowest BCUT2D eigenvalue weighted by molar-refractivity contribution is 0.102. The van der Waals surface area contributed by atoms with Crippen LogP contribution in [0.4, 0.5) is 11.4 Å². The molecule has 1 heterocycles. The van der Waals surface area contributed by atoms with E-state index in [0.29, 0.717) is 16.6 Å². The van der Waals surface area contributed by atoms with E-state index in [-0.39, 0.29) is 5.91 Å². The Hall–Kier alpha value is -2.37. The maximum atomic E-state index is 12.5. The molecule has 2 aromatic carbocycles. The summed E-state index contributed by atoms with van der Waals surface area (Å²) in [5.41, 5.74) is 3.46. The fraction of sp³-hybridized carbons (Fsp3) is 0.158. The predicted molar refractivity (Wildman–Crippen MR) is 105 cm³/mol. The molecule has 3 rings (SSSR count). The molecule has 0 saturated heterocycles. The van der Waals surface area contributed by atoms with Gasteiger partial charge in [0.15, 0.2) is 4.47 Å². The summed E-state index contributed by atoms with van der Waals surface area (Å²) in [7, 11) is 0. The molecule has 1 amide bonds.